The first-order valence-electron chi connectivity index (χ1n) is 10.1. The van der Waals surface area contributed by atoms with Crippen LogP contribution in [-0.4, -0.2) is 65.2 Å². The SMILES string of the molecule is CNC(=O)C(C)N(Cc1ccc(Cl)cc1Cl)C(=O)CN(c1cc(OC)ccc1OC)S(C)(=O)=O. The van der Waals surface area contributed by atoms with Crippen molar-refractivity contribution in [2.45, 2.75) is 19.5 Å². The first-order chi connectivity index (χ1) is 15.9. The lowest BCUT2D eigenvalue weighted by molar-refractivity contribution is -0.139. The quantitative estimate of drug-likeness (QED) is 0.505. The Morgan fingerprint density at radius 3 is 2.29 bits per heavy atom. The van der Waals surface area contributed by atoms with Gasteiger partial charge in [0.05, 0.1) is 26.2 Å². The Labute approximate surface area is 209 Å². The van der Waals surface area contributed by atoms with Crippen LogP contribution < -0.4 is 19.1 Å². The summed E-state index contributed by atoms with van der Waals surface area (Å²) in [5, 5.41) is 3.23. The lowest BCUT2D eigenvalue weighted by Crippen LogP contribution is -2.50. The van der Waals surface area contributed by atoms with Crippen molar-refractivity contribution >= 4 is 50.7 Å². The molecule has 0 heterocycles. The van der Waals surface area contributed by atoms with Gasteiger partial charge in [0.2, 0.25) is 21.8 Å². The smallest absolute Gasteiger partial charge is 0.244 e. The predicted octanol–water partition coefficient (Wildman–Crippen LogP) is 2.94. The fourth-order valence-corrected chi connectivity index (χ4v) is 4.52. The monoisotopic (exact) mass is 531 g/mol. The van der Waals surface area contributed by atoms with E-state index in [1.165, 1.54) is 51.3 Å². The molecule has 0 spiro atoms. The number of benzene rings is 2. The molecule has 1 atom stereocenters. The summed E-state index contributed by atoms with van der Waals surface area (Å²) in [6.07, 6.45) is 0.974. The average molecular weight is 532 g/mol. The average Bonchev–Trinajstić information content (AvgIpc) is 2.79. The van der Waals surface area contributed by atoms with E-state index < -0.39 is 34.4 Å². The molecule has 0 fully saturated rings. The maximum absolute atomic E-state index is 13.5. The molecule has 0 bridgehead atoms. The predicted molar refractivity (Wildman–Crippen MR) is 132 cm³/mol. The summed E-state index contributed by atoms with van der Waals surface area (Å²) in [5.74, 6) is -0.452. The normalized spacial score (nSPS) is 12.0. The highest BCUT2D eigenvalue weighted by Gasteiger charge is 2.31. The molecule has 0 radical (unpaired) electrons. The Balaban J connectivity index is 2.50. The second-order valence-electron chi connectivity index (χ2n) is 7.36. The third-order valence-electron chi connectivity index (χ3n) is 5.10. The fourth-order valence-electron chi connectivity index (χ4n) is 3.21. The minimum Gasteiger partial charge on any atom is -0.497 e. The van der Waals surface area contributed by atoms with Gasteiger partial charge in [-0.3, -0.25) is 13.9 Å². The number of carbonyl (C=O) groups is 2. The summed E-state index contributed by atoms with van der Waals surface area (Å²) in [7, 11) is 0.329. The molecule has 0 aromatic heterocycles. The summed E-state index contributed by atoms with van der Waals surface area (Å²) in [6.45, 7) is 0.905. The number of sulfonamides is 1. The zero-order chi connectivity index (χ0) is 25.6. The number of ether oxygens (including phenoxy) is 2. The number of amides is 2. The van der Waals surface area contributed by atoms with Crippen molar-refractivity contribution in [3.8, 4) is 11.5 Å². The highest BCUT2D eigenvalue weighted by atomic mass is 35.5. The molecule has 12 heteroatoms. The Kier molecular flexibility index (Phi) is 9.43. The van der Waals surface area contributed by atoms with Crippen LogP contribution >= 0.6 is 23.2 Å². The van der Waals surface area contributed by atoms with Crippen molar-refractivity contribution in [3.05, 3.63) is 52.0 Å². The van der Waals surface area contributed by atoms with Crippen LogP contribution in [0.3, 0.4) is 0 Å². The van der Waals surface area contributed by atoms with Gasteiger partial charge < -0.3 is 19.7 Å². The van der Waals surface area contributed by atoms with E-state index in [-0.39, 0.29) is 18.0 Å². The van der Waals surface area contributed by atoms with Crippen LogP contribution in [0.15, 0.2) is 36.4 Å². The third-order valence-corrected chi connectivity index (χ3v) is 6.82. The number of anilines is 1. The summed E-state index contributed by atoms with van der Waals surface area (Å²) in [6, 6.07) is 8.45. The number of carbonyl (C=O) groups excluding carboxylic acids is 2. The molecule has 2 aromatic rings. The molecule has 186 valence electrons. The van der Waals surface area contributed by atoms with Crippen LogP contribution in [0.4, 0.5) is 5.69 Å². The zero-order valence-electron chi connectivity index (χ0n) is 19.5. The molecule has 0 aliphatic carbocycles. The maximum atomic E-state index is 13.5. The van der Waals surface area contributed by atoms with Gasteiger partial charge in [-0.1, -0.05) is 29.3 Å². The summed E-state index contributed by atoms with van der Waals surface area (Å²) in [5.41, 5.74) is 0.662. The van der Waals surface area contributed by atoms with E-state index in [0.717, 1.165) is 10.6 Å². The number of rotatable bonds is 10. The number of nitrogens with zero attached hydrogens (tertiary/aromatic N) is 2. The first-order valence-corrected chi connectivity index (χ1v) is 12.7. The van der Waals surface area contributed by atoms with Gasteiger partial charge in [0.15, 0.2) is 0 Å². The number of likely N-dealkylation sites (N-methyl/N-ethyl adjacent to an activating group) is 1. The minimum absolute atomic E-state index is 0.0454. The van der Waals surface area contributed by atoms with E-state index in [2.05, 4.69) is 5.32 Å². The molecule has 0 saturated heterocycles. The molecular weight excluding hydrogens is 505 g/mol. The van der Waals surface area contributed by atoms with Gasteiger partial charge in [-0.2, -0.15) is 0 Å². The third kappa shape index (κ3) is 6.68. The van der Waals surface area contributed by atoms with Gasteiger partial charge in [0, 0.05) is 29.7 Å². The standard InChI is InChI=1S/C22H27Cl2N3O6S/c1-14(22(29)25-2)26(12-15-6-7-16(23)10-18(15)24)21(28)13-27(34(5,30)31)19-11-17(32-3)8-9-20(19)33-4/h6-11,14H,12-13H2,1-5H3,(H,25,29). The molecule has 2 amide bonds. The maximum Gasteiger partial charge on any atom is 0.244 e. The minimum atomic E-state index is -3.94. The Morgan fingerprint density at radius 1 is 1.09 bits per heavy atom. The van der Waals surface area contributed by atoms with Crippen LogP contribution in [0.1, 0.15) is 12.5 Å². The van der Waals surface area contributed by atoms with Gasteiger partial charge >= 0.3 is 0 Å². The second kappa shape index (κ2) is 11.6. The fraction of sp³-hybridized carbons (Fsp3) is 0.364. The topological polar surface area (TPSA) is 105 Å². The molecule has 9 nitrogen and oxygen atoms in total. The molecule has 1 N–H and O–H groups in total. The van der Waals surface area contributed by atoms with E-state index in [1.807, 2.05) is 0 Å². The van der Waals surface area contributed by atoms with Gasteiger partial charge in [-0.15, -0.1) is 0 Å². The van der Waals surface area contributed by atoms with E-state index in [4.69, 9.17) is 32.7 Å². The van der Waals surface area contributed by atoms with Crippen molar-refractivity contribution in [2.75, 3.05) is 38.4 Å². The first kappa shape index (κ1) is 27.6. The Morgan fingerprint density at radius 2 is 1.76 bits per heavy atom. The highest BCUT2D eigenvalue weighted by molar-refractivity contribution is 7.92. The van der Waals surface area contributed by atoms with Gasteiger partial charge in [0.1, 0.15) is 24.1 Å². The number of methoxy groups -OCH3 is 2. The Hall–Kier alpha value is -2.69. The Bertz CT molecular complexity index is 1160. The van der Waals surface area contributed by atoms with Gasteiger partial charge in [-0.05, 0) is 36.8 Å². The van der Waals surface area contributed by atoms with Crippen LogP contribution in [0, 0.1) is 0 Å². The number of halogens is 2. The number of hydrogen-bond acceptors (Lipinski definition) is 6. The van der Waals surface area contributed by atoms with Crippen LogP contribution in [-0.2, 0) is 26.2 Å². The van der Waals surface area contributed by atoms with Crippen molar-refractivity contribution in [3.63, 3.8) is 0 Å². The molecule has 1 unspecified atom stereocenters. The van der Waals surface area contributed by atoms with E-state index in [1.54, 1.807) is 18.2 Å². The van der Waals surface area contributed by atoms with Gasteiger partial charge in [0.25, 0.3) is 0 Å². The van der Waals surface area contributed by atoms with Crippen molar-refractivity contribution in [2.24, 2.45) is 0 Å². The van der Waals surface area contributed by atoms with Crippen LogP contribution in [0.25, 0.3) is 0 Å². The highest BCUT2D eigenvalue weighted by Crippen LogP contribution is 2.34. The van der Waals surface area contributed by atoms with Gasteiger partial charge in [-0.25, -0.2) is 8.42 Å². The summed E-state index contributed by atoms with van der Waals surface area (Å²) in [4.78, 5) is 27.1. The summed E-state index contributed by atoms with van der Waals surface area (Å²) < 4.78 is 36.8. The van der Waals surface area contributed by atoms with Crippen molar-refractivity contribution in [1.29, 1.82) is 0 Å². The molecule has 0 aliphatic heterocycles. The summed E-state index contributed by atoms with van der Waals surface area (Å²) >= 11 is 12.3. The molecule has 0 saturated carbocycles. The van der Waals surface area contributed by atoms with E-state index >= 15 is 0 Å². The van der Waals surface area contributed by atoms with Crippen LogP contribution in [0.2, 0.25) is 10.0 Å². The molecule has 0 aliphatic rings. The second-order valence-corrected chi connectivity index (χ2v) is 10.1. The molecule has 34 heavy (non-hydrogen) atoms. The van der Waals surface area contributed by atoms with Crippen LogP contribution in [0.5, 0.6) is 11.5 Å². The molecule has 2 rings (SSSR count). The zero-order valence-corrected chi connectivity index (χ0v) is 21.8. The largest absolute Gasteiger partial charge is 0.497 e. The molecule has 2 aromatic carbocycles. The number of nitrogens with one attached hydrogen (secondary N) is 1. The lowest BCUT2D eigenvalue weighted by atomic mass is 10.1. The van der Waals surface area contributed by atoms with E-state index in [9.17, 15) is 18.0 Å². The lowest BCUT2D eigenvalue weighted by Gasteiger charge is -2.31. The molecular formula is C22H27Cl2N3O6S. The number of hydrogen-bond donors (Lipinski definition) is 1. The van der Waals surface area contributed by atoms with Crippen molar-refractivity contribution < 1.29 is 27.5 Å². The van der Waals surface area contributed by atoms with E-state index in [0.29, 0.717) is 21.4 Å². The van der Waals surface area contributed by atoms with Crippen molar-refractivity contribution in [1.82, 2.24) is 10.2 Å².